The van der Waals surface area contributed by atoms with E-state index >= 15 is 0 Å². The van der Waals surface area contributed by atoms with Gasteiger partial charge in [0.2, 0.25) is 0 Å². The lowest BCUT2D eigenvalue weighted by Crippen LogP contribution is -1.96. The number of nitrogens with one attached hydrogen (secondary N) is 1. The number of nitrogen functional groups attached to an aromatic ring is 1. The summed E-state index contributed by atoms with van der Waals surface area (Å²) in [5.41, 5.74) is 7.97. The van der Waals surface area contributed by atoms with Crippen molar-refractivity contribution in [3.05, 3.63) is 54.6 Å². The van der Waals surface area contributed by atoms with Crippen LogP contribution in [0.1, 0.15) is 0 Å². The smallest absolute Gasteiger partial charge is 0.141 e. The van der Waals surface area contributed by atoms with Gasteiger partial charge in [-0.2, -0.15) is 0 Å². The van der Waals surface area contributed by atoms with Crippen molar-refractivity contribution in [2.75, 3.05) is 11.1 Å². The minimum atomic E-state index is -0.276. The first-order chi connectivity index (χ1) is 9.22. The first kappa shape index (κ1) is 11.4. The zero-order valence-corrected chi connectivity index (χ0v) is 9.97. The molecule has 19 heavy (non-hydrogen) atoms. The fraction of sp³-hybridized carbons (Fsp3) is 0. The van der Waals surface area contributed by atoms with Crippen molar-refractivity contribution in [2.24, 2.45) is 0 Å². The highest BCUT2D eigenvalue weighted by Gasteiger charge is 2.04. The van der Waals surface area contributed by atoms with E-state index in [0.29, 0.717) is 11.5 Å². The van der Waals surface area contributed by atoms with Gasteiger partial charge in [-0.1, -0.05) is 0 Å². The van der Waals surface area contributed by atoms with Crippen molar-refractivity contribution in [1.82, 2.24) is 9.97 Å². The van der Waals surface area contributed by atoms with Crippen LogP contribution in [0.2, 0.25) is 0 Å². The van der Waals surface area contributed by atoms with E-state index in [9.17, 15) is 4.39 Å². The van der Waals surface area contributed by atoms with Crippen LogP contribution in [0.5, 0.6) is 0 Å². The summed E-state index contributed by atoms with van der Waals surface area (Å²) in [4.78, 5) is 8.37. The molecular formula is C14H11FN4. The molecule has 3 N–H and O–H groups in total. The van der Waals surface area contributed by atoms with Crippen molar-refractivity contribution in [3.63, 3.8) is 0 Å². The monoisotopic (exact) mass is 254 g/mol. The maximum atomic E-state index is 12.9. The fourth-order valence-corrected chi connectivity index (χ4v) is 1.84. The third kappa shape index (κ3) is 2.30. The lowest BCUT2D eigenvalue weighted by molar-refractivity contribution is 0.628. The summed E-state index contributed by atoms with van der Waals surface area (Å²) < 4.78 is 12.9. The van der Waals surface area contributed by atoms with Gasteiger partial charge in [0.05, 0.1) is 5.52 Å². The molecule has 0 radical (unpaired) electrons. The lowest BCUT2D eigenvalue weighted by Gasteiger charge is -2.08. The Kier molecular flexibility index (Phi) is 2.72. The summed E-state index contributed by atoms with van der Waals surface area (Å²) in [5.74, 6) is 0.367. The van der Waals surface area contributed by atoms with Crippen LogP contribution in [0.25, 0.3) is 10.9 Å². The largest absolute Gasteiger partial charge is 0.399 e. The molecule has 0 unspecified atom stereocenters. The zero-order valence-electron chi connectivity index (χ0n) is 9.97. The third-order valence-corrected chi connectivity index (χ3v) is 2.77. The molecule has 0 aliphatic carbocycles. The zero-order chi connectivity index (χ0) is 13.2. The Balaban J connectivity index is 2.05. The Bertz CT molecular complexity index is 725. The molecule has 3 rings (SSSR count). The maximum Gasteiger partial charge on any atom is 0.141 e. The maximum absolute atomic E-state index is 12.9. The van der Waals surface area contributed by atoms with E-state index < -0.39 is 0 Å². The summed E-state index contributed by atoms with van der Waals surface area (Å²) in [6.45, 7) is 0. The molecule has 0 amide bonds. The third-order valence-electron chi connectivity index (χ3n) is 2.77. The van der Waals surface area contributed by atoms with E-state index in [4.69, 9.17) is 5.73 Å². The quantitative estimate of drug-likeness (QED) is 0.690. The number of rotatable bonds is 2. The SMILES string of the molecule is Nc1ccc2ncnc(Nc3ccc(F)cc3)c2c1. The van der Waals surface area contributed by atoms with Crippen LogP contribution in [-0.4, -0.2) is 9.97 Å². The van der Waals surface area contributed by atoms with Gasteiger partial charge in [0.1, 0.15) is 18.0 Å². The van der Waals surface area contributed by atoms with Crippen LogP contribution in [0, 0.1) is 5.82 Å². The first-order valence-electron chi connectivity index (χ1n) is 5.75. The fourth-order valence-electron chi connectivity index (χ4n) is 1.84. The second-order valence-corrected chi connectivity index (χ2v) is 4.13. The number of hydrogen-bond acceptors (Lipinski definition) is 4. The van der Waals surface area contributed by atoms with E-state index in [0.717, 1.165) is 16.6 Å². The molecule has 0 spiro atoms. The highest BCUT2D eigenvalue weighted by Crippen LogP contribution is 2.24. The van der Waals surface area contributed by atoms with Crippen LogP contribution in [0.15, 0.2) is 48.8 Å². The second kappa shape index (κ2) is 4.53. The predicted octanol–water partition coefficient (Wildman–Crippen LogP) is 3.09. The van der Waals surface area contributed by atoms with Crippen molar-refractivity contribution in [1.29, 1.82) is 0 Å². The molecule has 0 saturated carbocycles. The number of halogens is 1. The van der Waals surface area contributed by atoms with Crippen LogP contribution < -0.4 is 11.1 Å². The number of fused-ring (bicyclic) bond motifs is 1. The van der Waals surface area contributed by atoms with Crippen LogP contribution in [0.4, 0.5) is 21.6 Å². The summed E-state index contributed by atoms with van der Waals surface area (Å²) in [7, 11) is 0. The normalized spacial score (nSPS) is 10.6. The Hall–Kier alpha value is -2.69. The molecule has 94 valence electrons. The average molecular weight is 254 g/mol. The van der Waals surface area contributed by atoms with Gasteiger partial charge in [0.25, 0.3) is 0 Å². The van der Waals surface area contributed by atoms with Gasteiger partial charge in [-0.05, 0) is 42.5 Å². The molecule has 1 heterocycles. The minimum absolute atomic E-state index is 0.276. The van der Waals surface area contributed by atoms with Crippen molar-refractivity contribution >= 4 is 28.1 Å². The van der Waals surface area contributed by atoms with Gasteiger partial charge in [0, 0.05) is 16.8 Å². The van der Waals surface area contributed by atoms with Gasteiger partial charge in [-0.15, -0.1) is 0 Å². The number of nitrogens with two attached hydrogens (primary N) is 1. The Morgan fingerprint density at radius 3 is 2.58 bits per heavy atom. The molecule has 0 aliphatic rings. The first-order valence-corrected chi connectivity index (χ1v) is 5.75. The molecule has 0 saturated heterocycles. The number of nitrogens with zero attached hydrogens (tertiary/aromatic N) is 2. The predicted molar refractivity (Wildman–Crippen MR) is 73.6 cm³/mol. The Morgan fingerprint density at radius 2 is 1.79 bits per heavy atom. The summed E-state index contributed by atoms with van der Waals surface area (Å²) in [6.07, 6.45) is 1.48. The van der Waals surface area contributed by atoms with E-state index in [1.807, 2.05) is 6.07 Å². The van der Waals surface area contributed by atoms with Gasteiger partial charge in [0.15, 0.2) is 0 Å². The average Bonchev–Trinajstić information content (AvgIpc) is 2.42. The van der Waals surface area contributed by atoms with E-state index in [2.05, 4.69) is 15.3 Å². The van der Waals surface area contributed by atoms with E-state index in [1.165, 1.54) is 18.5 Å². The molecule has 2 aromatic carbocycles. The minimum Gasteiger partial charge on any atom is -0.399 e. The molecule has 1 aromatic heterocycles. The van der Waals surface area contributed by atoms with Crippen molar-refractivity contribution < 1.29 is 4.39 Å². The highest BCUT2D eigenvalue weighted by molar-refractivity contribution is 5.92. The molecule has 0 aliphatic heterocycles. The number of aromatic nitrogens is 2. The Morgan fingerprint density at radius 1 is 1.00 bits per heavy atom. The number of hydrogen-bond donors (Lipinski definition) is 2. The summed E-state index contributed by atoms with van der Waals surface area (Å²) in [6, 6.07) is 11.5. The van der Waals surface area contributed by atoms with Gasteiger partial charge < -0.3 is 11.1 Å². The van der Waals surface area contributed by atoms with Gasteiger partial charge in [-0.25, -0.2) is 14.4 Å². The van der Waals surface area contributed by atoms with Crippen molar-refractivity contribution in [3.8, 4) is 0 Å². The summed E-state index contributed by atoms with van der Waals surface area (Å²) >= 11 is 0. The lowest BCUT2D eigenvalue weighted by atomic mass is 10.2. The number of benzene rings is 2. The highest BCUT2D eigenvalue weighted by atomic mass is 19.1. The topological polar surface area (TPSA) is 63.8 Å². The molecule has 0 fully saturated rings. The number of anilines is 3. The molecule has 3 aromatic rings. The second-order valence-electron chi connectivity index (χ2n) is 4.13. The van der Waals surface area contributed by atoms with Crippen LogP contribution in [-0.2, 0) is 0 Å². The van der Waals surface area contributed by atoms with Crippen LogP contribution in [0.3, 0.4) is 0 Å². The van der Waals surface area contributed by atoms with E-state index in [1.54, 1.807) is 24.3 Å². The standard InChI is InChI=1S/C14H11FN4/c15-9-1-4-11(5-2-9)19-14-12-7-10(16)3-6-13(12)17-8-18-14/h1-8H,16H2,(H,17,18,19). The molecule has 4 nitrogen and oxygen atoms in total. The van der Waals surface area contributed by atoms with Gasteiger partial charge >= 0.3 is 0 Å². The molecule has 5 heteroatoms. The Labute approximate surface area is 109 Å². The van der Waals surface area contributed by atoms with Crippen LogP contribution >= 0.6 is 0 Å². The molecular weight excluding hydrogens is 243 g/mol. The van der Waals surface area contributed by atoms with E-state index in [-0.39, 0.29) is 5.82 Å². The van der Waals surface area contributed by atoms with Crippen molar-refractivity contribution in [2.45, 2.75) is 0 Å². The van der Waals surface area contributed by atoms with Gasteiger partial charge in [-0.3, -0.25) is 0 Å². The summed E-state index contributed by atoms with van der Waals surface area (Å²) in [5, 5.41) is 3.95. The molecule has 0 atom stereocenters. The molecule has 0 bridgehead atoms.